The average molecular weight is 385 g/mol. The van der Waals surface area contributed by atoms with Crippen LogP contribution in [0.4, 0.5) is 0 Å². The van der Waals surface area contributed by atoms with Crippen LogP contribution in [0.25, 0.3) is 0 Å². The largest absolute Gasteiger partial charge is 0.342 e. The van der Waals surface area contributed by atoms with Gasteiger partial charge in [0.25, 0.3) is 0 Å². The molecule has 0 aliphatic carbocycles. The first-order valence-corrected chi connectivity index (χ1v) is 9.59. The van der Waals surface area contributed by atoms with Gasteiger partial charge in [0.2, 0.25) is 5.91 Å². The van der Waals surface area contributed by atoms with Crippen molar-refractivity contribution in [1.82, 2.24) is 10.2 Å². The topological polar surface area (TPSA) is 32.3 Å². The monoisotopic (exact) mass is 384 g/mol. The second-order valence-corrected chi connectivity index (χ2v) is 8.20. The van der Waals surface area contributed by atoms with Gasteiger partial charge in [-0.15, -0.1) is 12.4 Å². The van der Waals surface area contributed by atoms with Crippen LogP contribution in [0.1, 0.15) is 57.4 Å². The maximum absolute atomic E-state index is 12.8. The van der Waals surface area contributed by atoms with Crippen LogP contribution >= 0.6 is 24.0 Å². The lowest BCUT2D eigenvalue weighted by atomic mass is 9.88. The molecule has 2 aliphatic rings. The molecule has 3 nitrogen and oxygen atoms in total. The molecule has 2 fully saturated rings. The molecular formula is C20H30Cl2N2O. The number of fused-ring (bicyclic) bond motifs is 2. The predicted octanol–water partition coefficient (Wildman–Crippen LogP) is 4.63. The number of carbonyl (C=O) groups is 1. The van der Waals surface area contributed by atoms with Crippen LogP contribution in [0.2, 0.25) is 5.02 Å². The number of amides is 1. The molecule has 1 aromatic rings. The summed E-state index contributed by atoms with van der Waals surface area (Å²) in [4.78, 5) is 14.7. The highest BCUT2D eigenvalue weighted by Gasteiger charge is 2.35. The van der Waals surface area contributed by atoms with Gasteiger partial charge < -0.3 is 10.2 Å². The second-order valence-electron chi connectivity index (χ2n) is 7.76. The SMILES string of the molecule is CC(c1ccc(Cl)cc1)C(C)N(C)C(=O)CC1CC2CCC(C1)N2.Cl. The van der Waals surface area contributed by atoms with Gasteiger partial charge in [-0.3, -0.25) is 4.79 Å². The van der Waals surface area contributed by atoms with Gasteiger partial charge >= 0.3 is 0 Å². The van der Waals surface area contributed by atoms with Crippen molar-refractivity contribution in [3.8, 4) is 0 Å². The summed E-state index contributed by atoms with van der Waals surface area (Å²) in [7, 11) is 1.95. The Labute approximate surface area is 162 Å². The highest BCUT2D eigenvalue weighted by molar-refractivity contribution is 6.30. The van der Waals surface area contributed by atoms with Crippen LogP contribution in [0, 0.1) is 5.92 Å². The number of hydrogen-bond donors (Lipinski definition) is 1. The van der Waals surface area contributed by atoms with Crippen molar-refractivity contribution in [2.24, 2.45) is 5.92 Å². The van der Waals surface area contributed by atoms with E-state index >= 15 is 0 Å². The molecule has 0 saturated carbocycles. The summed E-state index contributed by atoms with van der Waals surface area (Å²) in [6, 6.07) is 9.45. The maximum atomic E-state index is 12.8. The molecule has 140 valence electrons. The van der Waals surface area contributed by atoms with Crippen LogP contribution in [-0.4, -0.2) is 36.0 Å². The molecule has 2 heterocycles. The van der Waals surface area contributed by atoms with E-state index in [4.69, 9.17) is 11.6 Å². The number of nitrogens with zero attached hydrogens (tertiary/aromatic N) is 1. The fourth-order valence-electron chi connectivity index (χ4n) is 4.34. The summed E-state index contributed by atoms with van der Waals surface area (Å²) in [6.45, 7) is 4.33. The third-order valence-electron chi connectivity index (χ3n) is 6.16. The van der Waals surface area contributed by atoms with E-state index in [1.54, 1.807) is 0 Å². The number of benzene rings is 1. The van der Waals surface area contributed by atoms with Crippen LogP contribution < -0.4 is 5.32 Å². The Kier molecular flexibility index (Phi) is 7.19. The van der Waals surface area contributed by atoms with Crippen LogP contribution in [0.5, 0.6) is 0 Å². The molecule has 25 heavy (non-hydrogen) atoms. The van der Waals surface area contributed by atoms with E-state index in [9.17, 15) is 4.79 Å². The molecule has 0 aromatic heterocycles. The van der Waals surface area contributed by atoms with E-state index in [2.05, 4.69) is 31.3 Å². The Morgan fingerprint density at radius 2 is 1.76 bits per heavy atom. The van der Waals surface area contributed by atoms with Crippen molar-refractivity contribution >= 4 is 29.9 Å². The zero-order chi connectivity index (χ0) is 17.3. The number of nitrogens with one attached hydrogen (secondary N) is 1. The summed E-state index contributed by atoms with van der Waals surface area (Å²) < 4.78 is 0. The van der Waals surface area contributed by atoms with E-state index in [-0.39, 0.29) is 24.4 Å². The fraction of sp³-hybridized carbons (Fsp3) is 0.650. The Morgan fingerprint density at radius 3 is 2.32 bits per heavy atom. The summed E-state index contributed by atoms with van der Waals surface area (Å²) >= 11 is 5.98. The van der Waals surface area contributed by atoms with Gasteiger partial charge in [-0.1, -0.05) is 30.7 Å². The van der Waals surface area contributed by atoms with Crippen LogP contribution in [-0.2, 0) is 4.79 Å². The number of likely N-dealkylation sites (N-methyl/N-ethyl adjacent to an activating group) is 1. The van der Waals surface area contributed by atoms with Gasteiger partial charge in [0.05, 0.1) is 0 Å². The van der Waals surface area contributed by atoms with Gasteiger partial charge in [-0.2, -0.15) is 0 Å². The van der Waals surface area contributed by atoms with Gasteiger partial charge in [0.1, 0.15) is 0 Å². The molecule has 4 unspecified atom stereocenters. The minimum absolute atomic E-state index is 0. The zero-order valence-corrected chi connectivity index (χ0v) is 16.9. The number of carbonyl (C=O) groups excluding carboxylic acids is 1. The van der Waals surface area contributed by atoms with Crippen molar-refractivity contribution in [1.29, 1.82) is 0 Å². The number of rotatable bonds is 5. The Hall–Kier alpha value is -0.770. The molecule has 1 amide bonds. The molecule has 0 spiro atoms. The van der Waals surface area contributed by atoms with E-state index < -0.39 is 0 Å². The minimum Gasteiger partial charge on any atom is -0.342 e. The molecule has 0 radical (unpaired) electrons. The Balaban J connectivity index is 0.00000225. The predicted molar refractivity (Wildman–Crippen MR) is 107 cm³/mol. The molecular weight excluding hydrogens is 355 g/mol. The lowest BCUT2D eigenvalue weighted by Crippen LogP contribution is -2.42. The Bertz CT molecular complexity index is 566. The Morgan fingerprint density at radius 1 is 1.20 bits per heavy atom. The molecule has 2 aliphatic heterocycles. The fourth-order valence-corrected chi connectivity index (χ4v) is 4.47. The first-order chi connectivity index (χ1) is 11.4. The summed E-state index contributed by atoms with van der Waals surface area (Å²) in [5.74, 6) is 1.13. The first-order valence-electron chi connectivity index (χ1n) is 9.21. The van der Waals surface area contributed by atoms with Crippen molar-refractivity contribution in [2.45, 2.75) is 70.0 Å². The van der Waals surface area contributed by atoms with Crippen LogP contribution in [0.15, 0.2) is 24.3 Å². The standard InChI is InChI=1S/C20H29ClN2O.ClH/c1-13(16-4-6-17(21)7-5-16)14(2)23(3)20(24)12-15-10-18-8-9-19(11-15)22-18;/h4-7,13-15,18-19,22H,8-12H2,1-3H3;1H. The molecule has 5 heteroatoms. The van der Waals surface area contributed by atoms with Gasteiger partial charge in [-0.05, 0) is 56.2 Å². The van der Waals surface area contributed by atoms with E-state index in [1.165, 1.54) is 18.4 Å². The smallest absolute Gasteiger partial charge is 0.222 e. The number of hydrogen-bond acceptors (Lipinski definition) is 2. The molecule has 2 saturated heterocycles. The van der Waals surface area contributed by atoms with Gasteiger partial charge in [0, 0.05) is 42.5 Å². The summed E-state index contributed by atoms with van der Waals surface area (Å²) in [6.07, 6.45) is 5.60. The molecule has 1 aromatic carbocycles. The van der Waals surface area contributed by atoms with E-state index in [0.29, 0.717) is 30.3 Å². The highest BCUT2D eigenvalue weighted by atomic mass is 35.5. The van der Waals surface area contributed by atoms with Crippen LogP contribution in [0.3, 0.4) is 0 Å². The summed E-state index contributed by atoms with van der Waals surface area (Å²) in [5.41, 5.74) is 1.23. The van der Waals surface area contributed by atoms with Crippen molar-refractivity contribution < 1.29 is 4.79 Å². The third-order valence-corrected chi connectivity index (χ3v) is 6.41. The zero-order valence-electron chi connectivity index (χ0n) is 15.4. The van der Waals surface area contributed by atoms with Crippen molar-refractivity contribution in [3.05, 3.63) is 34.9 Å². The number of piperidine rings is 1. The second kappa shape index (κ2) is 8.75. The third kappa shape index (κ3) is 4.90. The molecule has 2 bridgehead atoms. The molecule has 1 N–H and O–H groups in total. The average Bonchev–Trinajstić information content (AvgIpc) is 2.92. The first kappa shape index (κ1) is 20.5. The quantitative estimate of drug-likeness (QED) is 0.801. The van der Waals surface area contributed by atoms with Gasteiger partial charge in [0.15, 0.2) is 0 Å². The normalized spacial score (nSPS) is 27.3. The molecule has 4 atom stereocenters. The lowest BCUT2D eigenvalue weighted by molar-refractivity contribution is -0.133. The number of halogens is 2. The van der Waals surface area contributed by atoms with E-state index in [0.717, 1.165) is 17.9 Å². The minimum atomic E-state index is 0. The lowest BCUT2D eigenvalue weighted by Gasteiger charge is -2.33. The maximum Gasteiger partial charge on any atom is 0.222 e. The van der Waals surface area contributed by atoms with Crippen molar-refractivity contribution in [3.63, 3.8) is 0 Å². The molecule has 3 rings (SSSR count). The van der Waals surface area contributed by atoms with Gasteiger partial charge in [-0.25, -0.2) is 0 Å². The van der Waals surface area contributed by atoms with Crippen molar-refractivity contribution in [2.75, 3.05) is 7.05 Å². The highest BCUT2D eigenvalue weighted by Crippen LogP contribution is 2.33. The summed E-state index contributed by atoms with van der Waals surface area (Å²) in [5, 5.41) is 4.41. The van der Waals surface area contributed by atoms with E-state index in [1.807, 2.05) is 24.1 Å².